The van der Waals surface area contributed by atoms with E-state index in [1.807, 2.05) is 0 Å². The molecule has 3 atom stereocenters. The van der Waals surface area contributed by atoms with E-state index in [0.717, 1.165) is 31.6 Å². The van der Waals surface area contributed by atoms with Gasteiger partial charge in [-0.05, 0) is 87.5 Å². The number of hydrogen-bond donors (Lipinski definition) is 1. The van der Waals surface area contributed by atoms with Gasteiger partial charge in [0.05, 0.1) is 13.2 Å². The number of hydrogen-bond acceptors (Lipinski definition) is 5. The molecule has 1 saturated heterocycles. The van der Waals surface area contributed by atoms with Gasteiger partial charge in [0.2, 0.25) is 0 Å². The third-order valence-corrected chi connectivity index (χ3v) is 6.15. The van der Waals surface area contributed by atoms with Crippen LogP contribution in [0.2, 0.25) is 0 Å². The molecule has 0 radical (unpaired) electrons. The molecule has 2 aliphatic heterocycles. The van der Waals surface area contributed by atoms with E-state index < -0.39 is 0 Å². The summed E-state index contributed by atoms with van der Waals surface area (Å²) in [7, 11) is 1.72. The van der Waals surface area contributed by atoms with Gasteiger partial charge in [-0.3, -0.25) is 0 Å². The number of nitrogens with two attached hydrogens (primary N) is 1. The largest absolute Gasteiger partial charge is 0.497 e. The van der Waals surface area contributed by atoms with Crippen LogP contribution in [0.15, 0.2) is 53.2 Å². The number of benzene rings is 1. The van der Waals surface area contributed by atoms with Crippen LogP contribution in [-0.2, 0) is 4.74 Å². The fourth-order valence-corrected chi connectivity index (χ4v) is 3.83. The van der Waals surface area contributed by atoms with Crippen molar-refractivity contribution in [2.45, 2.75) is 85.2 Å². The SMILES string of the molecule is C=C1CCCOC1C.CC/C=C(\C)C(CC)C[C@@H](CC)c1ccc(OC)cc1.NN1C=N1. The number of allylic oxidation sites excluding steroid dienone is 2. The Morgan fingerprint density at radius 3 is 2.28 bits per heavy atom. The second kappa shape index (κ2) is 15.7. The third-order valence-electron chi connectivity index (χ3n) is 6.15. The lowest BCUT2D eigenvalue weighted by Crippen LogP contribution is -2.17. The Morgan fingerprint density at radius 1 is 1.28 bits per heavy atom. The van der Waals surface area contributed by atoms with Crippen LogP contribution >= 0.6 is 0 Å². The molecule has 2 heterocycles. The van der Waals surface area contributed by atoms with Crippen LogP contribution in [0, 0.1) is 5.92 Å². The van der Waals surface area contributed by atoms with Gasteiger partial charge < -0.3 is 9.47 Å². The maximum atomic E-state index is 5.29. The van der Waals surface area contributed by atoms with E-state index in [9.17, 15) is 0 Å². The number of ether oxygens (including phenoxy) is 2. The van der Waals surface area contributed by atoms with Crippen LogP contribution in [0.3, 0.4) is 0 Å². The van der Waals surface area contributed by atoms with E-state index in [2.05, 4.69) is 76.6 Å². The van der Waals surface area contributed by atoms with Crippen LogP contribution in [0.5, 0.6) is 5.75 Å². The van der Waals surface area contributed by atoms with Crippen LogP contribution in [0.1, 0.15) is 84.6 Å². The smallest absolute Gasteiger partial charge is 0.152 e. The van der Waals surface area contributed by atoms with Gasteiger partial charge in [-0.2, -0.15) is 5.12 Å². The molecule has 2 N–H and O–H groups in total. The summed E-state index contributed by atoms with van der Waals surface area (Å²) in [5.41, 5.74) is 4.24. The Morgan fingerprint density at radius 2 is 1.91 bits per heavy atom. The first kappa shape index (κ1) is 27.9. The summed E-state index contributed by atoms with van der Waals surface area (Å²) in [6.07, 6.45) is 11.4. The molecule has 0 spiro atoms. The summed E-state index contributed by atoms with van der Waals surface area (Å²) in [6.45, 7) is 15.9. The third kappa shape index (κ3) is 11.0. The molecule has 0 saturated carbocycles. The van der Waals surface area contributed by atoms with Crippen molar-refractivity contribution in [2.24, 2.45) is 16.9 Å². The van der Waals surface area contributed by atoms with Crippen LogP contribution in [0.4, 0.5) is 0 Å². The molecule has 1 fully saturated rings. The Kier molecular flexibility index (Phi) is 13.7. The maximum Gasteiger partial charge on any atom is 0.152 e. The van der Waals surface area contributed by atoms with Gasteiger partial charge in [0.15, 0.2) is 6.34 Å². The van der Waals surface area contributed by atoms with Crippen LogP contribution in [0.25, 0.3) is 0 Å². The normalized spacial score (nSPS) is 19.2. The van der Waals surface area contributed by atoms with Crippen molar-refractivity contribution in [3.8, 4) is 5.75 Å². The number of rotatable bonds is 8. The average Bonchev–Trinajstić information content (AvgIpc) is 3.60. The molecule has 2 unspecified atom stereocenters. The molecule has 2 aliphatic rings. The standard InChI is InChI=1S/C19H30O.C7H12O.CH3N3/c1-6-9-15(4)16(7-2)14-17(8-3)18-10-12-19(20-5)13-11-18;1-6-4-3-5-8-7(6)2;2-4-1-3-4/h9-13,16-17H,6-8,14H2,1-5H3;7H,1,3-5H2,2H3;1H,2H2/b15-9+;;/t16?,17-;;/m1../s1. The summed E-state index contributed by atoms with van der Waals surface area (Å²) in [6, 6.07) is 8.60. The molecular weight excluding hydrogens is 398 g/mol. The minimum absolute atomic E-state index is 0.309. The summed E-state index contributed by atoms with van der Waals surface area (Å²) >= 11 is 0. The summed E-state index contributed by atoms with van der Waals surface area (Å²) in [4.78, 5) is 0. The Labute approximate surface area is 196 Å². The fraction of sp³-hybridized carbons (Fsp3) is 0.593. The van der Waals surface area contributed by atoms with Crippen molar-refractivity contribution in [3.63, 3.8) is 0 Å². The lowest BCUT2D eigenvalue weighted by atomic mass is 9.82. The first-order chi connectivity index (χ1) is 15.4. The lowest BCUT2D eigenvalue weighted by Gasteiger charge is -2.23. The number of nitrogens with zero attached hydrogens (tertiary/aromatic N) is 2. The van der Waals surface area contributed by atoms with Crippen molar-refractivity contribution in [2.75, 3.05) is 13.7 Å². The van der Waals surface area contributed by atoms with Gasteiger partial charge >= 0.3 is 0 Å². The van der Waals surface area contributed by atoms with Gasteiger partial charge in [-0.25, -0.2) is 5.84 Å². The van der Waals surface area contributed by atoms with Gasteiger partial charge in [0.25, 0.3) is 0 Å². The minimum Gasteiger partial charge on any atom is -0.497 e. The average molecular weight is 444 g/mol. The molecule has 3 rings (SSSR count). The Bertz CT molecular complexity index is 706. The second-order valence-corrected chi connectivity index (χ2v) is 8.46. The van der Waals surface area contributed by atoms with Crippen molar-refractivity contribution >= 4 is 6.34 Å². The summed E-state index contributed by atoms with van der Waals surface area (Å²) < 4.78 is 10.5. The van der Waals surface area contributed by atoms with Crippen molar-refractivity contribution < 1.29 is 9.47 Å². The topological polar surface area (TPSA) is 59.9 Å². The van der Waals surface area contributed by atoms with Gasteiger partial charge in [-0.1, -0.05) is 51.1 Å². The predicted octanol–water partition coefficient (Wildman–Crippen LogP) is 6.82. The zero-order chi connectivity index (χ0) is 23.9. The molecule has 5 heteroatoms. The molecule has 32 heavy (non-hydrogen) atoms. The molecular formula is C27H45N3O2. The number of hydrazone groups is 1. The van der Waals surface area contributed by atoms with Crippen molar-refractivity contribution in [1.29, 1.82) is 0 Å². The lowest BCUT2D eigenvalue weighted by molar-refractivity contribution is 0.0653. The van der Waals surface area contributed by atoms with Crippen molar-refractivity contribution in [3.05, 3.63) is 53.6 Å². The van der Waals surface area contributed by atoms with E-state index >= 15 is 0 Å². The van der Waals surface area contributed by atoms with Gasteiger partial charge in [0.1, 0.15) is 5.75 Å². The Hall–Kier alpha value is -2.11. The highest BCUT2D eigenvalue weighted by Gasteiger charge is 2.17. The fourth-order valence-electron chi connectivity index (χ4n) is 3.83. The molecule has 0 amide bonds. The monoisotopic (exact) mass is 443 g/mol. The molecule has 5 nitrogen and oxygen atoms in total. The van der Waals surface area contributed by atoms with E-state index in [1.165, 1.54) is 41.9 Å². The zero-order valence-corrected chi connectivity index (χ0v) is 21.1. The highest BCUT2D eigenvalue weighted by Crippen LogP contribution is 2.32. The van der Waals surface area contributed by atoms with E-state index in [4.69, 9.17) is 15.3 Å². The second-order valence-electron chi connectivity index (χ2n) is 8.46. The van der Waals surface area contributed by atoms with Crippen molar-refractivity contribution in [1.82, 2.24) is 5.12 Å². The zero-order valence-electron chi connectivity index (χ0n) is 21.1. The van der Waals surface area contributed by atoms with E-state index in [0.29, 0.717) is 17.9 Å². The molecule has 0 aliphatic carbocycles. The highest BCUT2D eigenvalue weighted by molar-refractivity contribution is 5.63. The summed E-state index contributed by atoms with van der Waals surface area (Å²) in [5.74, 6) is 7.13. The minimum atomic E-state index is 0.309. The Balaban J connectivity index is 0.000000343. The molecule has 180 valence electrons. The number of hydrazine groups is 1. The highest BCUT2D eigenvalue weighted by atomic mass is 16.5. The van der Waals surface area contributed by atoms with E-state index in [-0.39, 0.29) is 0 Å². The maximum absolute atomic E-state index is 5.29. The number of methoxy groups -OCH3 is 1. The van der Waals surface area contributed by atoms with E-state index in [1.54, 1.807) is 12.7 Å². The first-order valence-corrected chi connectivity index (χ1v) is 12.0. The quantitative estimate of drug-likeness (QED) is 0.354. The molecule has 1 aromatic carbocycles. The molecule has 0 bridgehead atoms. The molecule has 1 aromatic rings. The predicted molar refractivity (Wildman–Crippen MR) is 137 cm³/mol. The van der Waals surface area contributed by atoms with Crippen LogP contribution in [-0.4, -0.2) is 31.3 Å². The molecule has 0 aromatic heterocycles. The van der Waals surface area contributed by atoms with Crippen LogP contribution < -0.4 is 10.6 Å². The van der Waals surface area contributed by atoms with Gasteiger partial charge in [0, 0.05) is 6.61 Å². The summed E-state index contributed by atoms with van der Waals surface area (Å²) in [5, 5.41) is 4.64. The van der Waals surface area contributed by atoms with Gasteiger partial charge in [-0.15, -0.1) is 5.10 Å². The first-order valence-electron chi connectivity index (χ1n) is 12.0.